The van der Waals surface area contributed by atoms with Crippen LogP contribution in [0.5, 0.6) is 0 Å². The summed E-state index contributed by atoms with van der Waals surface area (Å²) in [5.74, 6) is 0.644. The van der Waals surface area contributed by atoms with Crippen molar-refractivity contribution in [2.45, 2.75) is 12.5 Å². The van der Waals surface area contributed by atoms with Crippen LogP contribution in [-0.4, -0.2) is 15.2 Å². The van der Waals surface area contributed by atoms with E-state index in [1.54, 1.807) is 12.1 Å². The predicted molar refractivity (Wildman–Crippen MR) is 63.5 cm³/mol. The molecule has 0 bridgehead atoms. The van der Waals surface area contributed by atoms with Gasteiger partial charge >= 0.3 is 0 Å². The molecular formula is C10H10Cl2N4. The molecule has 1 atom stereocenters. The number of nitrogens with one attached hydrogen (secondary N) is 1. The highest BCUT2D eigenvalue weighted by atomic mass is 35.5. The van der Waals surface area contributed by atoms with E-state index in [-0.39, 0.29) is 6.04 Å². The van der Waals surface area contributed by atoms with Crippen molar-refractivity contribution in [3.05, 3.63) is 46.0 Å². The minimum atomic E-state index is -0.249. The van der Waals surface area contributed by atoms with Crippen LogP contribution in [0, 0.1) is 0 Å². The highest BCUT2D eigenvalue weighted by molar-refractivity contribution is 6.35. The summed E-state index contributed by atoms with van der Waals surface area (Å²) >= 11 is 11.9. The van der Waals surface area contributed by atoms with Crippen LogP contribution in [0.25, 0.3) is 0 Å². The van der Waals surface area contributed by atoms with Gasteiger partial charge in [0.05, 0.1) is 6.04 Å². The summed E-state index contributed by atoms with van der Waals surface area (Å²) in [5, 5.41) is 7.71. The number of H-pyrrole nitrogens is 1. The minimum absolute atomic E-state index is 0.249. The second-order valence-corrected chi connectivity index (χ2v) is 4.26. The molecule has 0 aliphatic heterocycles. The van der Waals surface area contributed by atoms with Crippen molar-refractivity contribution in [3.8, 4) is 0 Å². The maximum Gasteiger partial charge on any atom is 0.141 e. The monoisotopic (exact) mass is 256 g/mol. The SMILES string of the molecule is NC(Cc1ccc(Cl)cc1Cl)c1ncn[nH]1. The smallest absolute Gasteiger partial charge is 0.141 e. The number of benzene rings is 1. The summed E-state index contributed by atoms with van der Waals surface area (Å²) in [6, 6.07) is 5.10. The molecule has 1 aromatic carbocycles. The molecule has 0 radical (unpaired) electrons. The zero-order valence-corrected chi connectivity index (χ0v) is 9.83. The first kappa shape index (κ1) is 11.4. The molecule has 0 saturated heterocycles. The van der Waals surface area contributed by atoms with Crippen molar-refractivity contribution >= 4 is 23.2 Å². The second kappa shape index (κ2) is 4.82. The van der Waals surface area contributed by atoms with Crippen molar-refractivity contribution in [1.29, 1.82) is 0 Å². The van der Waals surface area contributed by atoms with E-state index in [1.165, 1.54) is 6.33 Å². The molecule has 1 unspecified atom stereocenters. The molecule has 2 rings (SSSR count). The van der Waals surface area contributed by atoms with Crippen LogP contribution in [0.15, 0.2) is 24.5 Å². The lowest BCUT2D eigenvalue weighted by Crippen LogP contribution is -2.15. The first-order valence-corrected chi connectivity index (χ1v) is 5.47. The molecule has 1 aromatic heterocycles. The van der Waals surface area contributed by atoms with Gasteiger partial charge in [-0.2, -0.15) is 5.10 Å². The molecule has 2 aromatic rings. The van der Waals surface area contributed by atoms with Gasteiger partial charge in [0.2, 0.25) is 0 Å². The van der Waals surface area contributed by atoms with Gasteiger partial charge < -0.3 is 5.73 Å². The van der Waals surface area contributed by atoms with Gasteiger partial charge in [0.1, 0.15) is 12.2 Å². The number of nitrogens with zero attached hydrogens (tertiary/aromatic N) is 2. The molecule has 1 heterocycles. The fourth-order valence-electron chi connectivity index (χ4n) is 1.41. The fraction of sp³-hybridized carbons (Fsp3) is 0.200. The maximum absolute atomic E-state index is 6.05. The molecule has 0 aliphatic rings. The molecular weight excluding hydrogens is 247 g/mol. The Hall–Kier alpha value is -1.10. The van der Waals surface area contributed by atoms with Gasteiger partial charge in [0, 0.05) is 10.0 Å². The molecule has 0 fully saturated rings. The normalized spacial score (nSPS) is 12.7. The number of aromatic amines is 1. The Kier molecular flexibility index (Phi) is 3.43. The summed E-state index contributed by atoms with van der Waals surface area (Å²) in [7, 11) is 0. The van der Waals surface area contributed by atoms with E-state index in [1.807, 2.05) is 6.07 Å². The standard InChI is InChI=1S/C10H10Cl2N4/c11-7-2-1-6(8(12)4-7)3-9(13)10-14-5-15-16-10/h1-2,4-5,9H,3,13H2,(H,14,15,16). The third-order valence-electron chi connectivity index (χ3n) is 2.24. The van der Waals surface area contributed by atoms with Gasteiger partial charge in [-0.25, -0.2) is 4.98 Å². The van der Waals surface area contributed by atoms with Crippen molar-refractivity contribution in [3.63, 3.8) is 0 Å². The Bertz CT molecular complexity index is 470. The highest BCUT2D eigenvalue weighted by Crippen LogP contribution is 2.24. The Balaban J connectivity index is 2.15. The molecule has 0 amide bonds. The van der Waals surface area contributed by atoms with Crippen LogP contribution >= 0.6 is 23.2 Å². The van der Waals surface area contributed by atoms with E-state index in [2.05, 4.69) is 15.2 Å². The van der Waals surface area contributed by atoms with Crippen LogP contribution in [0.1, 0.15) is 17.4 Å². The summed E-state index contributed by atoms with van der Waals surface area (Å²) in [6.45, 7) is 0. The molecule has 0 saturated carbocycles. The Labute approximate surface area is 103 Å². The minimum Gasteiger partial charge on any atom is -0.321 e. The molecule has 16 heavy (non-hydrogen) atoms. The van der Waals surface area contributed by atoms with E-state index < -0.39 is 0 Å². The average Bonchev–Trinajstić information content (AvgIpc) is 2.75. The summed E-state index contributed by atoms with van der Waals surface area (Å²) in [6.07, 6.45) is 2.02. The lowest BCUT2D eigenvalue weighted by atomic mass is 10.1. The number of hydrogen-bond acceptors (Lipinski definition) is 3. The topological polar surface area (TPSA) is 67.6 Å². The van der Waals surface area contributed by atoms with Gasteiger partial charge in [-0.15, -0.1) is 0 Å². The van der Waals surface area contributed by atoms with E-state index in [0.717, 1.165) is 5.56 Å². The zero-order chi connectivity index (χ0) is 11.5. The lowest BCUT2D eigenvalue weighted by molar-refractivity contribution is 0.671. The summed E-state index contributed by atoms with van der Waals surface area (Å²) in [5.41, 5.74) is 6.89. The van der Waals surface area contributed by atoms with Gasteiger partial charge in [-0.05, 0) is 24.1 Å². The van der Waals surface area contributed by atoms with E-state index in [4.69, 9.17) is 28.9 Å². The molecule has 0 aliphatic carbocycles. The van der Waals surface area contributed by atoms with Crippen LogP contribution in [0.3, 0.4) is 0 Å². The van der Waals surface area contributed by atoms with Gasteiger partial charge in [-0.3, -0.25) is 5.10 Å². The molecule has 6 heteroatoms. The Morgan fingerprint density at radius 2 is 2.19 bits per heavy atom. The third-order valence-corrected chi connectivity index (χ3v) is 2.83. The number of hydrogen-bond donors (Lipinski definition) is 2. The van der Waals surface area contributed by atoms with Crippen molar-refractivity contribution < 1.29 is 0 Å². The second-order valence-electron chi connectivity index (χ2n) is 3.42. The average molecular weight is 257 g/mol. The largest absolute Gasteiger partial charge is 0.321 e. The zero-order valence-electron chi connectivity index (χ0n) is 8.32. The molecule has 3 N–H and O–H groups in total. The predicted octanol–water partition coefficient (Wildman–Crippen LogP) is 2.35. The Morgan fingerprint density at radius 3 is 2.81 bits per heavy atom. The molecule has 84 valence electrons. The molecule has 4 nitrogen and oxygen atoms in total. The van der Waals surface area contributed by atoms with Crippen molar-refractivity contribution in [2.24, 2.45) is 5.73 Å². The summed E-state index contributed by atoms with van der Waals surface area (Å²) < 4.78 is 0. The van der Waals surface area contributed by atoms with Gasteiger partial charge in [0.25, 0.3) is 0 Å². The van der Waals surface area contributed by atoms with E-state index in [9.17, 15) is 0 Å². The number of aromatic nitrogens is 3. The van der Waals surface area contributed by atoms with Gasteiger partial charge in [0.15, 0.2) is 0 Å². The van der Waals surface area contributed by atoms with Crippen LogP contribution in [-0.2, 0) is 6.42 Å². The van der Waals surface area contributed by atoms with E-state index >= 15 is 0 Å². The van der Waals surface area contributed by atoms with Crippen LogP contribution in [0.4, 0.5) is 0 Å². The van der Waals surface area contributed by atoms with Crippen molar-refractivity contribution in [1.82, 2.24) is 15.2 Å². The molecule has 0 spiro atoms. The quantitative estimate of drug-likeness (QED) is 0.886. The summed E-state index contributed by atoms with van der Waals surface area (Å²) in [4.78, 5) is 4.00. The Morgan fingerprint density at radius 1 is 1.38 bits per heavy atom. The third kappa shape index (κ3) is 2.52. The first-order valence-electron chi connectivity index (χ1n) is 4.71. The lowest BCUT2D eigenvalue weighted by Gasteiger charge is -2.09. The highest BCUT2D eigenvalue weighted by Gasteiger charge is 2.12. The number of nitrogens with two attached hydrogens (primary N) is 1. The van der Waals surface area contributed by atoms with Gasteiger partial charge in [-0.1, -0.05) is 29.3 Å². The van der Waals surface area contributed by atoms with E-state index in [0.29, 0.717) is 22.3 Å². The van der Waals surface area contributed by atoms with Crippen LogP contribution in [0.2, 0.25) is 10.0 Å². The number of halogens is 2. The maximum atomic E-state index is 6.05. The first-order chi connectivity index (χ1) is 7.66. The fourth-order valence-corrected chi connectivity index (χ4v) is 1.90. The van der Waals surface area contributed by atoms with Crippen LogP contribution < -0.4 is 5.73 Å². The number of rotatable bonds is 3. The van der Waals surface area contributed by atoms with Crippen molar-refractivity contribution in [2.75, 3.05) is 0 Å².